The fourth-order valence-corrected chi connectivity index (χ4v) is 3.75. The van der Waals surface area contributed by atoms with Crippen molar-refractivity contribution < 1.29 is 14.3 Å². The molecular weight excluding hydrogens is 348 g/mol. The Labute approximate surface area is 168 Å². The van der Waals surface area contributed by atoms with Gasteiger partial charge in [-0.1, -0.05) is 67.5 Å². The fourth-order valence-electron chi connectivity index (χ4n) is 3.75. The maximum Gasteiger partial charge on any atom is 0.153 e. The van der Waals surface area contributed by atoms with Crippen LogP contribution in [0.5, 0.6) is 11.5 Å². The third-order valence-corrected chi connectivity index (χ3v) is 5.77. The van der Waals surface area contributed by atoms with Gasteiger partial charge in [-0.15, -0.1) is 0 Å². The van der Waals surface area contributed by atoms with Crippen LogP contribution in [-0.2, 0) is 16.2 Å². The largest absolute Gasteiger partial charge is 0.455 e. The minimum atomic E-state index is -0.402. The van der Waals surface area contributed by atoms with Crippen LogP contribution in [0.1, 0.15) is 98.4 Å². The van der Waals surface area contributed by atoms with E-state index in [4.69, 9.17) is 4.74 Å². The molecule has 0 amide bonds. The van der Waals surface area contributed by atoms with Crippen molar-refractivity contribution >= 4 is 12.6 Å². The second kappa shape index (κ2) is 6.30. The molecule has 2 aromatic rings. The lowest BCUT2D eigenvalue weighted by molar-refractivity contribution is 0.111. The molecular formula is C25H30O3. The van der Waals surface area contributed by atoms with Crippen LogP contribution in [0.3, 0.4) is 0 Å². The van der Waals surface area contributed by atoms with Gasteiger partial charge in [0, 0.05) is 16.5 Å². The smallest absolute Gasteiger partial charge is 0.153 e. The maximum absolute atomic E-state index is 11.9. The van der Waals surface area contributed by atoms with Gasteiger partial charge >= 0.3 is 0 Å². The van der Waals surface area contributed by atoms with Gasteiger partial charge in [-0.3, -0.25) is 9.59 Å². The van der Waals surface area contributed by atoms with Crippen molar-refractivity contribution in [2.24, 2.45) is 0 Å². The molecule has 3 rings (SSSR count). The lowest BCUT2D eigenvalue weighted by atomic mass is 9.71. The highest BCUT2D eigenvalue weighted by atomic mass is 16.5. The number of benzene rings is 2. The second-order valence-corrected chi connectivity index (χ2v) is 10.3. The number of carbonyl (C=O) groups excluding carboxylic acids is 2. The first-order chi connectivity index (χ1) is 12.8. The molecule has 0 fully saturated rings. The molecule has 0 atom stereocenters. The number of rotatable bonds is 2. The van der Waals surface area contributed by atoms with E-state index < -0.39 is 5.41 Å². The van der Waals surface area contributed by atoms with Crippen molar-refractivity contribution in [3.8, 4) is 11.5 Å². The lowest BCUT2D eigenvalue weighted by Gasteiger charge is -2.38. The van der Waals surface area contributed by atoms with Crippen molar-refractivity contribution in [3.63, 3.8) is 0 Å². The summed E-state index contributed by atoms with van der Waals surface area (Å²) in [4.78, 5) is 23.7. The Balaban J connectivity index is 2.36. The summed E-state index contributed by atoms with van der Waals surface area (Å²) in [5.41, 5.74) is 4.62. The van der Waals surface area contributed by atoms with Crippen LogP contribution in [0.4, 0.5) is 0 Å². The summed E-state index contributed by atoms with van der Waals surface area (Å²) in [6, 6.07) is 8.10. The molecule has 3 heteroatoms. The van der Waals surface area contributed by atoms with E-state index in [0.717, 1.165) is 34.8 Å². The Kier molecular flexibility index (Phi) is 4.57. The first-order valence-electron chi connectivity index (χ1n) is 9.77. The molecule has 0 bridgehead atoms. The summed E-state index contributed by atoms with van der Waals surface area (Å²) < 4.78 is 6.23. The van der Waals surface area contributed by atoms with Crippen LogP contribution >= 0.6 is 0 Å². The quantitative estimate of drug-likeness (QED) is 0.573. The standard InChI is InChI=1S/C25H30O3/c1-23(2,3)17-9-15(13-26)21-19(11-17)25(7,8)20-12-18(24(4,5)6)10-16(14-27)22(20)28-21/h9-14H,1-8H3. The highest BCUT2D eigenvalue weighted by Crippen LogP contribution is 2.52. The summed E-state index contributed by atoms with van der Waals surface area (Å²) in [5, 5.41) is 0. The van der Waals surface area contributed by atoms with Crippen molar-refractivity contribution in [1.29, 1.82) is 0 Å². The molecule has 28 heavy (non-hydrogen) atoms. The zero-order valence-electron chi connectivity index (χ0n) is 18.2. The second-order valence-electron chi connectivity index (χ2n) is 10.3. The average Bonchev–Trinajstić information content (AvgIpc) is 2.58. The molecule has 0 saturated carbocycles. The summed E-state index contributed by atoms with van der Waals surface area (Å²) >= 11 is 0. The van der Waals surface area contributed by atoms with Gasteiger partial charge in [0.1, 0.15) is 11.5 Å². The van der Waals surface area contributed by atoms with Crippen LogP contribution in [0.15, 0.2) is 24.3 Å². The Bertz CT molecular complexity index is 889. The zero-order valence-corrected chi connectivity index (χ0v) is 18.2. The van der Waals surface area contributed by atoms with Crippen molar-refractivity contribution in [3.05, 3.63) is 57.6 Å². The number of fused-ring (bicyclic) bond motifs is 2. The van der Waals surface area contributed by atoms with E-state index in [1.54, 1.807) is 0 Å². The SMILES string of the molecule is CC(C)(C)c1cc(C=O)c2c(c1)C(C)(C)c1cc(C(C)(C)C)cc(C=O)c1O2. The third kappa shape index (κ3) is 3.17. The molecule has 1 aliphatic heterocycles. The van der Waals surface area contributed by atoms with Gasteiger partial charge in [-0.25, -0.2) is 0 Å². The summed E-state index contributed by atoms with van der Waals surface area (Å²) in [6.07, 6.45) is 1.69. The predicted molar refractivity (Wildman–Crippen MR) is 113 cm³/mol. The highest BCUT2D eigenvalue weighted by Gasteiger charge is 2.39. The molecule has 3 nitrogen and oxygen atoms in total. The molecule has 0 spiro atoms. The van der Waals surface area contributed by atoms with Crippen LogP contribution in [0.25, 0.3) is 0 Å². The minimum Gasteiger partial charge on any atom is -0.455 e. The molecule has 1 heterocycles. The Morgan fingerprint density at radius 1 is 0.714 bits per heavy atom. The Morgan fingerprint density at radius 3 is 1.36 bits per heavy atom. The Hall–Kier alpha value is -2.42. The molecule has 2 aromatic carbocycles. The first kappa shape index (κ1) is 20.3. The molecule has 148 valence electrons. The molecule has 0 saturated heterocycles. The third-order valence-electron chi connectivity index (χ3n) is 5.77. The van der Waals surface area contributed by atoms with E-state index in [1.165, 1.54) is 0 Å². The average molecular weight is 379 g/mol. The number of ether oxygens (including phenoxy) is 1. The highest BCUT2D eigenvalue weighted by molar-refractivity contribution is 5.86. The maximum atomic E-state index is 11.9. The van der Waals surface area contributed by atoms with Crippen LogP contribution in [-0.4, -0.2) is 12.6 Å². The van der Waals surface area contributed by atoms with Gasteiger partial charge in [0.25, 0.3) is 0 Å². The van der Waals surface area contributed by atoms with Crippen LogP contribution in [0.2, 0.25) is 0 Å². The van der Waals surface area contributed by atoms with E-state index in [9.17, 15) is 9.59 Å². The summed E-state index contributed by atoms with van der Waals surface area (Å²) in [7, 11) is 0. The van der Waals surface area contributed by atoms with E-state index in [-0.39, 0.29) is 10.8 Å². The molecule has 0 aromatic heterocycles. The number of carbonyl (C=O) groups is 2. The van der Waals surface area contributed by atoms with E-state index >= 15 is 0 Å². The van der Waals surface area contributed by atoms with E-state index in [2.05, 4.69) is 67.5 Å². The number of hydrogen-bond donors (Lipinski definition) is 0. The van der Waals surface area contributed by atoms with Crippen molar-refractivity contribution in [2.75, 3.05) is 0 Å². The first-order valence-corrected chi connectivity index (χ1v) is 9.77. The Morgan fingerprint density at radius 2 is 1.07 bits per heavy atom. The molecule has 0 radical (unpaired) electrons. The van der Waals surface area contributed by atoms with Gasteiger partial charge in [-0.2, -0.15) is 0 Å². The van der Waals surface area contributed by atoms with Crippen molar-refractivity contribution in [1.82, 2.24) is 0 Å². The van der Waals surface area contributed by atoms with Gasteiger partial charge in [-0.05, 0) is 34.1 Å². The van der Waals surface area contributed by atoms with Crippen LogP contribution in [0, 0.1) is 0 Å². The number of aldehydes is 2. The number of hydrogen-bond acceptors (Lipinski definition) is 3. The molecule has 0 N–H and O–H groups in total. The molecule has 0 unspecified atom stereocenters. The van der Waals surface area contributed by atoms with Gasteiger partial charge in [0.15, 0.2) is 12.6 Å². The van der Waals surface area contributed by atoms with Crippen molar-refractivity contribution in [2.45, 2.75) is 71.6 Å². The van der Waals surface area contributed by atoms with Crippen LogP contribution < -0.4 is 4.74 Å². The van der Waals surface area contributed by atoms with E-state index in [0.29, 0.717) is 22.6 Å². The monoisotopic (exact) mass is 378 g/mol. The molecule has 0 aliphatic carbocycles. The van der Waals surface area contributed by atoms with E-state index in [1.807, 2.05) is 12.1 Å². The summed E-state index contributed by atoms with van der Waals surface area (Å²) in [6.45, 7) is 17.1. The lowest BCUT2D eigenvalue weighted by Crippen LogP contribution is -2.28. The fraction of sp³-hybridized carbons (Fsp3) is 0.440. The van der Waals surface area contributed by atoms with Gasteiger partial charge < -0.3 is 4.74 Å². The zero-order chi connectivity index (χ0) is 21.1. The predicted octanol–water partition coefficient (Wildman–Crippen LogP) is 6.34. The van der Waals surface area contributed by atoms with Gasteiger partial charge in [0.05, 0.1) is 11.1 Å². The minimum absolute atomic E-state index is 0.0929. The normalized spacial score (nSPS) is 15.3. The van der Waals surface area contributed by atoms with Gasteiger partial charge in [0.2, 0.25) is 0 Å². The topological polar surface area (TPSA) is 43.4 Å². The molecule has 1 aliphatic rings. The summed E-state index contributed by atoms with van der Waals surface area (Å²) in [5.74, 6) is 1.12.